The van der Waals surface area contributed by atoms with E-state index in [0.29, 0.717) is 25.9 Å². The molecule has 0 aromatic rings. The molecule has 0 radical (unpaired) electrons. The number of aliphatic hydroxyl groups is 2. The van der Waals surface area contributed by atoms with Crippen LogP contribution >= 0.6 is 0 Å². The van der Waals surface area contributed by atoms with E-state index in [2.05, 4.69) is 55.6 Å². The molecule has 0 aromatic heterocycles. The fourth-order valence-corrected chi connectivity index (χ4v) is 8.55. The van der Waals surface area contributed by atoms with Crippen molar-refractivity contribution in [3.8, 4) is 0 Å². The lowest BCUT2D eigenvalue weighted by Gasteiger charge is -2.22. The predicted molar refractivity (Wildman–Crippen MR) is 278 cm³/mol. The van der Waals surface area contributed by atoms with Crippen LogP contribution in [0.3, 0.4) is 0 Å². The lowest BCUT2D eigenvalue weighted by molar-refractivity contribution is -0.143. The number of nitrogens with one attached hydrogen (secondary N) is 1. The molecular weight excluding hydrogens is 791 g/mol. The number of hydrogen-bond donors (Lipinski definition) is 3. The van der Waals surface area contributed by atoms with Gasteiger partial charge < -0.3 is 20.3 Å². The Morgan fingerprint density at radius 1 is 0.438 bits per heavy atom. The first-order valence-electron chi connectivity index (χ1n) is 28.3. The number of esters is 1. The molecule has 3 N–H and O–H groups in total. The van der Waals surface area contributed by atoms with E-state index in [9.17, 15) is 19.8 Å². The van der Waals surface area contributed by atoms with Crippen molar-refractivity contribution in [2.24, 2.45) is 0 Å². The summed E-state index contributed by atoms with van der Waals surface area (Å²) in [6, 6.07) is -0.550. The van der Waals surface area contributed by atoms with Crippen LogP contribution < -0.4 is 5.32 Å². The number of allylic oxidation sites excluding steroid dienone is 6. The summed E-state index contributed by atoms with van der Waals surface area (Å²) in [6.07, 6.45) is 65.6. The average Bonchev–Trinajstić information content (AvgIpc) is 3.29. The molecule has 0 aliphatic rings. The van der Waals surface area contributed by atoms with E-state index in [0.717, 1.165) is 70.6 Å². The summed E-state index contributed by atoms with van der Waals surface area (Å²) in [6.45, 7) is 4.88. The van der Waals surface area contributed by atoms with Crippen molar-refractivity contribution in [2.75, 3.05) is 13.2 Å². The standard InChI is InChI=1S/C58H109NO5/c1-3-5-7-9-11-13-15-16-17-21-24-27-31-34-38-42-46-50-56(61)55(54-60)59-57(62)51-47-43-39-35-32-28-25-22-19-18-20-23-26-29-33-37-41-45-49-53-64-58(63)52-48-44-40-36-30-14-12-10-8-6-4-2/h10,12,23,26,29,33,55-56,60-61H,3-9,11,13-22,24-25,27-28,30-32,34-54H2,1-2H3,(H,59,62)/b12-10-,26-23-,33-29-. The third-order valence-corrected chi connectivity index (χ3v) is 12.9. The summed E-state index contributed by atoms with van der Waals surface area (Å²) in [5.41, 5.74) is 0. The number of carbonyl (C=O) groups is 2. The Hall–Kier alpha value is -1.92. The summed E-state index contributed by atoms with van der Waals surface area (Å²) in [5, 5.41) is 23.3. The SMILES string of the molecule is CCCC/C=C\CCCCCCCC(=O)OCCCCC/C=C\C=C/CCCCCCCCCCCCC(=O)NC(CO)C(O)CCCCCCCCCCCCCCCCCCC. The van der Waals surface area contributed by atoms with E-state index in [1.165, 1.54) is 193 Å². The molecule has 0 bridgehead atoms. The van der Waals surface area contributed by atoms with Crippen LogP contribution in [-0.4, -0.2) is 47.4 Å². The summed E-state index contributed by atoms with van der Waals surface area (Å²) in [5.74, 6) is -0.0685. The Labute approximate surface area is 398 Å². The van der Waals surface area contributed by atoms with Gasteiger partial charge in [0.25, 0.3) is 0 Å². The van der Waals surface area contributed by atoms with Crippen molar-refractivity contribution >= 4 is 11.9 Å². The average molecular weight is 901 g/mol. The molecule has 0 heterocycles. The lowest BCUT2D eigenvalue weighted by Crippen LogP contribution is -2.45. The highest BCUT2D eigenvalue weighted by molar-refractivity contribution is 5.76. The molecule has 0 aliphatic heterocycles. The largest absolute Gasteiger partial charge is 0.466 e. The zero-order valence-corrected chi connectivity index (χ0v) is 42.8. The monoisotopic (exact) mass is 900 g/mol. The summed E-state index contributed by atoms with van der Waals surface area (Å²) in [4.78, 5) is 24.4. The Morgan fingerprint density at radius 2 is 0.797 bits per heavy atom. The predicted octanol–water partition coefficient (Wildman–Crippen LogP) is 17.2. The molecule has 2 unspecified atom stereocenters. The van der Waals surface area contributed by atoms with Crippen LogP contribution in [0.5, 0.6) is 0 Å². The number of unbranched alkanes of at least 4 members (excludes halogenated alkanes) is 36. The van der Waals surface area contributed by atoms with Crippen LogP contribution in [0.4, 0.5) is 0 Å². The van der Waals surface area contributed by atoms with Gasteiger partial charge in [0, 0.05) is 12.8 Å². The van der Waals surface area contributed by atoms with Crippen molar-refractivity contribution in [3.05, 3.63) is 36.5 Å². The fraction of sp³-hybridized carbons (Fsp3) is 0.862. The maximum absolute atomic E-state index is 12.5. The Bertz CT molecular complexity index is 1040. The summed E-state index contributed by atoms with van der Waals surface area (Å²) >= 11 is 0. The van der Waals surface area contributed by atoms with Crippen molar-refractivity contribution in [2.45, 2.75) is 309 Å². The molecule has 64 heavy (non-hydrogen) atoms. The highest BCUT2D eigenvalue weighted by Crippen LogP contribution is 2.17. The zero-order valence-electron chi connectivity index (χ0n) is 42.8. The topological polar surface area (TPSA) is 95.9 Å². The van der Waals surface area contributed by atoms with E-state index in [4.69, 9.17) is 4.74 Å². The number of aliphatic hydroxyl groups excluding tert-OH is 2. The first kappa shape index (κ1) is 62.1. The highest BCUT2D eigenvalue weighted by Gasteiger charge is 2.20. The zero-order chi connectivity index (χ0) is 46.5. The summed E-state index contributed by atoms with van der Waals surface area (Å²) < 4.78 is 5.42. The number of ether oxygens (including phenoxy) is 1. The van der Waals surface area contributed by atoms with Gasteiger partial charge in [-0.2, -0.15) is 0 Å². The molecule has 0 spiro atoms. The van der Waals surface area contributed by atoms with Crippen molar-refractivity contribution in [3.63, 3.8) is 0 Å². The van der Waals surface area contributed by atoms with Crippen LogP contribution in [0.2, 0.25) is 0 Å². The van der Waals surface area contributed by atoms with E-state index in [1.54, 1.807) is 0 Å². The van der Waals surface area contributed by atoms with Gasteiger partial charge in [0.2, 0.25) is 5.91 Å². The molecule has 0 rings (SSSR count). The van der Waals surface area contributed by atoms with Gasteiger partial charge in [-0.25, -0.2) is 0 Å². The molecule has 2 atom stereocenters. The first-order valence-corrected chi connectivity index (χ1v) is 28.3. The van der Waals surface area contributed by atoms with Crippen LogP contribution in [0.15, 0.2) is 36.5 Å². The van der Waals surface area contributed by atoms with Gasteiger partial charge in [0.1, 0.15) is 0 Å². The number of carbonyl (C=O) groups excluding carboxylic acids is 2. The van der Waals surface area contributed by atoms with Gasteiger partial charge in [-0.3, -0.25) is 9.59 Å². The molecule has 0 saturated carbocycles. The van der Waals surface area contributed by atoms with Gasteiger partial charge in [-0.05, 0) is 77.0 Å². The van der Waals surface area contributed by atoms with Gasteiger partial charge in [-0.1, -0.05) is 243 Å². The van der Waals surface area contributed by atoms with Crippen LogP contribution in [0, 0.1) is 0 Å². The van der Waals surface area contributed by atoms with Crippen molar-refractivity contribution < 1.29 is 24.5 Å². The minimum Gasteiger partial charge on any atom is -0.466 e. The molecule has 6 nitrogen and oxygen atoms in total. The third-order valence-electron chi connectivity index (χ3n) is 12.9. The van der Waals surface area contributed by atoms with Gasteiger partial charge in [0.15, 0.2) is 0 Å². The van der Waals surface area contributed by atoms with Crippen LogP contribution in [-0.2, 0) is 14.3 Å². The third kappa shape index (κ3) is 49.5. The molecule has 0 aromatic carbocycles. The second-order valence-corrected chi connectivity index (χ2v) is 19.3. The maximum Gasteiger partial charge on any atom is 0.305 e. The van der Waals surface area contributed by atoms with Gasteiger partial charge in [0.05, 0.1) is 25.4 Å². The van der Waals surface area contributed by atoms with E-state index in [-0.39, 0.29) is 18.5 Å². The maximum atomic E-state index is 12.5. The fourth-order valence-electron chi connectivity index (χ4n) is 8.55. The molecule has 376 valence electrons. The Kier molecular flexibility index (Phi) is 52.1. The minimum absolute atomic E-state index is 0.0246. The van der Waals surface area contributed by atoms with Crippen LogP contribution in [0.1, 0.15) is 296 Å². The molecule has 6 heteroatoms. The van der Waals surface area contributed by atoms with Crippen molar-refractivity contribution in [1.82, 2.24) is 5.32 Å². The highest BCUT2D eigenvalue weighted by atomic mass is 16.5. The molecule has 0 fully saturated rings. The molecule has 1 amide bonds. The van der Waals surface area contributed by atoms with Gasteiger partial charge >= 0.3 is 5.97 Å². The number of amides is 1. The summed E-state index contributed by atoms with van der Waals surface area (Å²) in [7, 11) is 0. The Morgan fingerprint density at radius 3 is 1.25 bits per heavy atom. The second kappa shape index (κ2) is 53.7. The van der Waals surface area contributed by atoms with E-state index in [1.807, 2.05) is 0 Å². The minimum atomic E-state index is -0.671. The quantitative estimate of drug-likeness (QED) is 0.0245. The molecule has 0 saturated heterocycles. The van der Waals surface area contributed by atoms with Crippen LogP contribution in [0.25, 0.3) is 0 Å². The smallest absolute Gasteiger partial charge is 0.305 e. The van der Waals surface area contributed by atoms with Gasteiger partial charge in [-0.15, -0.1) is 0 Å². The Balaban J connectivity index is 3.49. The normalized spacial score (nSPS) is 12.9. The molecular formula is C58H109NO5. The van der Waals surface area contributed by atoms with E-state index >= 15 is 0 Å². The van der Waals surface area contributed by atoms with E-state index < -0.39 is 12.1 Å². The van der Waals surface area contributed by atoms with Crippen molar-refractivity contribution in [1.29, 1.82) is 0 Å². The number of hydrogen-bond acceptors (Lipinski definition) is 5. The number of rotatable bonds is 52. The first-order chi connectivity index (χ1) is 31.5. The lowest BCUT2D eigenvalue weighted by atomic mass is 10.0. The second-order valence-electron chi connectivity index (χ2n) is 19.3. The molecule has 0 aliphatic carbocycles.